The summed E-state index contributed by atoms with van der Waals surface area (Å²) >= 11 is 0. The minimum atomic E-state index is -4.78. The summed E-state index contributed by atoms with van der Waals surface area (Å²) in [6.07, 6.45) is -4.09. The van der Waals surface area contributed by atoms with Crippen molar-refractivity contribution in [3.63, 3.8) is 0 Å². The van der Waals surface area contributed by atoms with E-state index in [1.165, 1.54) is 27.1 Å². The van der Waals surface area contributed by atoms with Crippen molar-refractivity contribution in [2.24, 2.45) is 0 Å². The van der Waals surface area contributed by atoms with Crippen LogP contribution in [0.15, 0.2) is 30.0 Å². The highest BCUT2D eigenvalue weighted by Gasteiger charge is 2.39. The Kier molecular flexibility index (Phi) is 4.75. The Morgan fingerprint density at radius 3 is 2.35 bits per heavy atom. The third kappa shape index (κ3) is 4.25. The van der Waals surface area contributed by atoms with Crippen LogP contribution < -0.4 is 5.32 Å². The smallest absolute Gasteiger partial charge is 0.383 e. The topological polar surface area (TPSA) is 32.3 Å². The number of anilines is 1. The molecule has 110 valence electrons. The van der Waals surface area contributed by atoms with Gasteiger partial charge in [0.25, 0.3) is 5.91 Å². The van der Waals surface area contributed by atoms with Crippen molar-refractivity contribution >= 4 is 11.6 Å². The van der Waals surface area contributed by atoms with E-state index in [4.69, 9.17) is 0 Å². The van der Waals surface area contributed by atoms with Gasteiger partial charge in [0.1, 0.15) is 11.4 Å². The van der Waals surface area contributed by atoms with E-state index in [-0.39, 0.29) is 5.69 Å². The molecule has 0 atom stereocenters. The number of amides is 1. The van der Waals surface area contributed by atoms with Gasteiger partial charge in [-0.1, -0.05) is 0 Å². The summed E-state index contributed by atoms with van der Waals surface area (Å²) < 4.78 is 51.2. The zero-order chi connectivity index (χ0) is 15.5. The molecule has 3 nitrogen and oxygen atoms in total. The molecule has 0 saturated carbocycles. The molecule has 0 spiro atoms. The highest BCUT2D eigenvalue weighted by atomic mass is 19.4. The van der Waals surface area contributed by atoms with Gasteiger partial charge < -0.3 is 10.2 Å². The lowest BCUT2D eigenvalue weighted by Gasteiger charge is -2.15. The van der Waals surface area contributed by atoms with Gasteiger partial charge >= 0.3 is 6.18 Å². The van der Waals surface area contributed by atoms with E-state index < -0.39 is 23.5 Å². The summed E-state index contributed by atoms with van der Waals surface area (Å²) in [5, 5.41) is 2.13. The number of alkyl halides is 3. The number of nitrogens with zero attached hydrogens (tertiary/aromatic N) is 1. The van der Waals surface area contributed by atoms with Gasteiger partial charge in [-0.3, -0.25) is 4.79 Å². The zero-order valence-corrected chi connectivity index (χ0v) is 11.2. The van der Waals surface area contributed by atoms with Crippen LogP contribution in [0.4, 0.5) is 23.2 Å². The Labute approximate surface area is 113 Å². The Bertz CT molecular complexity index is 536. The number of carbonyl (C=O) groups excluding carboxylic acids is 1. The third-order valence-electron chi connectivity index (χ3n) is 2.37. The molecule has 1 amide bonds. The van der Waals surface area contributed by atoms with Crippen LogP contribution in [0, 0.1) is 12.7 Å². The first kappa shape index (κ1) is 16.0. The van der Waals surface area contributed by atoms with E-state index in [1.54, 1.807) is 0 Å². The molecule has 1 rings (SSSR count). The molecular weight excluding hydrogens is 276 g/mol. The molecule has 0 heterocycles. The van der Waals surface area contributed by atoms with Crippen molar-refractivity contribution in [2.45, 2.75) is 13.1 Å². The average Bonchev–Trinajstić information content (AvgIpc) is 2.28. The van der Waals surface area contributed by atoms with Gasteiger partial charge in [-0.05, 0) is 30.7 Å². The summed E-state index contributed by atoms with van der Waals surface area (Å²) in [4.78, 5) is 12.8. The van der Waals surface area contributed by atoms with Crippen LogP contribution in [-0.4, -0.2) is 31.1 Å². The van der Waals surface area contributed by atoms with E-state index >= 15 is 0 Å². The summed E-state index contributed by atoms with van der Waals surface area (Å²) in [7, 11) is 2.75. The van der Waals surface area contributed by atoms with Crippen LogP contribution in [-0.2, 0) is 4.79 Å². The molecule has 1 aromatic rings. The lowest BCUT2D eigenvalue weighted by Crippen LogP contribution is -2.27. The van der Waals surface area contributed by atoms with Gasteiger partial charge in [-0.15, -0.1) is 0 Å². The highest BCUT2D eigenvalue weighted by Crippen LogP contribution is 2.27. The summed E-state index contributed by atoms with van der Waals surface area (Å²) in [6, 6.07) is 3.40. The fourth-order valence-electron chi connectivity index (χ4n) is 1.48. The Morgan fingerprint density at radius 2 is 1.90 bits per heavy atom. The minimum Gasteiger partial charge on any atom is -0.383 e. The molecule has 0 bridgehead atoms. The highest BCUT2D eigenvalue weighted by molar-refractivity contribution is 6.04. The third-order valence-corrected chi connectivity index (χ3v) is 2.37. The molecule has 7 heteroatoms. The Balaban J connectivity index is 3.03. The molecule has 0 radical (unpaired) electrons. The first-order valence-corrected chi connectivity index (χ1v) is 5.64. The molecule has 0 aromatic heterocycles. The van der Waals surface area contributed by atoms with Gasteiger partial charge in [0.15, 0.2) is 0 Å². The predicted molar refractivity (Wildman–Crippen MR) is 67.6 cm³/mol. The molecule has 1 N–H and O–H groups in total. The molecule has 0 aliphatic heterocycles. The van der Waals surface area contributed by atoms with Gasteiger partial charge in [-0.2, -0.15) is 13.2 Å². The van der Waals surface area contributed by atoms with Gasteiger partial charge in [0.05, 0.1) is 0 Å². The van der Waals surface area contributed by atoms with Crippen LogP contribution >= 0.6 is 0 Å². The van der Waals surface area contributed by atoms with Crippen LogP contribution in [0.1, 0.15) is 5.56 Å². The zero-order valence-electron chi connectivity index (χ0n) is 11.2. The molecule has 0 saturated heterocycles. The Hall–Kier alpha value is -2.05. The van der Waals surface area contributed by atoms with Gasteiger partial charge in [0.2, 0.25) is 0 Å². The molecule has 1 aromatic carbocycles. The summed E-state index contributed by atoms with van der Waals surface area (Å²) in [5.74, 6) is -1.82. The van der Waals surface area contributed by atoms with Crippen molar-refractivity contribution in [1.82, 2.24) is 4.90 Å². The van der Waals surface area contributed by atoms with Crippen LogP contribution in [0.5, 0.6) is 0 Å². The van der Waals surface area contributed by atoms with E-state index in [9.17, 15) is 22.4 Å². The number of halogens is 4. The van der Waals surface area contributed by atoms with E-state index in [0.29, 0.717) is 11.8 Å². The number of aryl methyl sites for hydroxylation is 1. The van der Waals surface area contributed by atoms with E-state index in [2.05, 4.69) is 5.32 Å². The molecular formula is C13H14F4N2O. The number of hydrogen-bond donors (Lipinski definition) is 1. The second-order valence-electron chi connectivity index (χ2n) is 4.42. The van der Waals surface area contributed by atoms with Crippen LogP contribution in [0.25, 0.3) is 0 Å². The van der Waals surface area contributed by atoms with Crippen LogP contribution in [0.3, 0.4) is 0 Å². The number of rotatable bonds is 3. The van der Waals surface area contributed by atoms with E-state index in [1.807, 2.05) is 0 Å². The number of nitrogens with one attached hydrogen (secondary N) is 1. The first-order chi connectivity index (χ1) is 9.11. The molecule has 0 fully saturated rings. The maximum atomic E-state index is 12.9. The quantitative estimate of drug-likeness (QED) is 0.685. The molecule has 0 unspecified atom stereocenters. The number of hydrogen-bond acceptors (Lipinski definition) is 2. The number of carbonyl (C=O) groups is 1. The predicted octanol–water partition coefficient (Wildman–Crippen LogP) is 3.08. The standard InChI is InChI=1S/C13H14F4N2O/c1-8-6-9(14)4-5-11(8)18-12(20)10(7-19(2)3)13(15,16)17/h4-7H,1-3H3,(H,18,20). The van der Waals surface area contributed by atoms with Gasteiger partial charge in [-0.25, -0.2) is 4.39 Å². The monoisotopic (exact) mass is 290 g/mol. The van der Waals surface area contributed by atoms with Crippen LogP contribution in [0.2, 0.25) is 0 Å². The summed E-state index contributed by atoms with van der Waals surface area (Å²) in [5.41, 5.74) is -0.860. The summed E-state index contributed by atoms with van der Waals surface area (Å²) in [6.45, 7) is 1.49. The second kappa shape index (κ2) is 5.94. The van der Waals surface area contributed by atoms with Crippen molar-refractivity contribution in [3.8, 4) is 0 Å². The number of benzene rings is 1. The Morgan fingerprint density at radius 1 is 1.30 bits per heavy atom. The van der Waals surface area contributed by atoms with Crippen molar-refractivity contribution < 1.29 is 22.4 Å². The van der Waals surface area contributed by atoms with E-state index in [0.717, 1.165) is 17.0 Å². The fraction of sp³-hybridized carbons (Fsp3) is 0.308. The maximum absolute atomic E-state index is 12.9. The lowest BCUT2D eigenvalue weighted by atomic mass is 10.1. The van der Waals surface area contributed by atoms with Crippen molar-refractivity contribution in [3.05, 3.63) is 41.4 Å². The molecule has 20 heavy (non-hydrogen) atoms. The largest absolute Gasteiger partial charge is 0.423 e. The van der Waals surface area contributed by atoms with Gasteiger partial charge in [0, 0.05) is 26.0 Å². The second-order valence-corrected chi connectivity index (χ2v) is 4.42. The maximum Gasteiger partial charge on any atom is 0.423 e. The first-order valence-electron chi connectivity index (χ1n) is 5.64. The molecule has 0 aliphatic rings. The molecule has 0 aliphatic carbocycles. The SMILES string of the molecule is Cc1cc(F)ccc1NC(=O)C(=CN(C)C)C(F)(F)F. The normalized spacial score (nSPS) is 12.2. The fourth-order valence-corrected chi connectivity index (χ4v) is 1.48. The van der Waals surface area contributed by atoms with Crippen molar-refractivity contribution in [2.75, 3.05) is 19.4 Å². The average molecular weight is 290 g/mol. The lowest BCUT2D eigenvalue weighted by molar-refractivity contribution is -0.126. The van der Waals surface area contributed by atoms with Crippen molar-refractivity contribution in [1.29, 1.82) is 0 Å². The minimum absolute atomic E-state index is 0.130.